The highest BCUT2D eigenvalue weighted by atomic mass is 16.5. The third kappa shape index (κ3) is 2.25. The number of hydrogen-bond acceptors (Lipinski definition) is 2. The first kappa shape index (κ1) is 16.2. The third-order valence-electron chi connectivity index (χ3n) is 7.48. The molecule has 5 atom stereocenters. The van der Waals surface area contributed by atoms with Gasteiger partial charge in [-0.3, -0.25) is 4.79 Å². The number of Topliss-reactive ketones (excluding diaryl/α,β-unsaturated/α-hetero) is 1. The summed E-state index contributed by atoms with van der Waals surface area (Å²) in [7, 11) is 1.76. The van der Waals surface area contributed by atoms with E-state index in [9.17, 15) is 4.79 Å². The topological polar surface area (TPSA) is 26.3 Å². The van der Waals surface area contributed by atoms with Gasteiger partial charge in [0.2, 0.25) is 0 Å². The molecule has 0 bridgehead atoms. The lowest BCUT2D eigenvalue weighted by Crippen LogP contribution is -2.46. The summed E-state index contributed by atoms with van der Waals surface area (Å²) in [6, 6.07) is 6.71. The van der Waals surface area contributed by atoms with E-state index in [2.05, 4.69) is 32.0 Å². The molecule has 0 amide bonds. The van der Waals surface area contributed by atoms with Crippen LogP contribution in [0.25, 0.3) is 0 Å². The van der Waals surface area contributed by atoms with Crippen LogP contribution < -0.4 is 4.74 Å². The van der Waals surface area contributed by atoms with Crippen molar-refractivity contribution in [2.24, 2.45) is 23.2 Å². The van der Waals surface area contributed by atoms with Gasteiger partial charge in [0.15, 0.2) is 0 Å². The molecule has 2 nitrogen and oxygen atoms in total. The predicted molar refractivity (Wildman–Crippen MR) is 96.4 cm³/mol. The van der Waals surface area contributed by atoms with E-state index in [0.29, 0.717) is 23.5 Å². The van der Waals surface area contributed by atoms with Crippen molar-refractivity contribution in [3.8, 4) is 5.75 Å². The number of carbonyl (C=O) groups is 1. The Morgan fingerprint density at radius 3 is 2.88 bits per heavy atom. The standard InChI is InChI=1S/C22H30O2/c1-4-5-14-12-15-13-16(24-3)6-7-17(15)18-10-11-22(2)19(21(14)18)8-9-20(22)23/h6-7,13-14,18-19,21H,4-5,8-12H2,1-3H3/t14-,18-,19+,21-,22+/m1/s1. The number of benzene rings is 1. The summed E-state index contributed by atoms with van der Waals surface area (Å²) < 4.78 is 5.47. The number of carbonyl (C=O) groups excluding carboxylic acids is 1. The minimum absolute atomic E-state index is 0.0306. The molecule has 0 saturated heterocycles. The molecule has 0 N–H and O–H groups in total. The first-order valence-electron chi connectivity index (χ1n) is 9.78. The van der Waals surface area contributed by atoms with E-state index in [-0.39, 0.29) is 5.41 Å². The minimum atomic E-state index is -0.0306. The van der Waals surface area contributed by atoms with Gasteiger partial charge in [0.25, 0.3) is 0 Å². The Hall–Kier alpha value is -1.31. The summed E-state index contributed by atoms with van der Waals surface area (Å²) in [4.78, 5) is 12.6. The van der Waals surface area contributed by atoms with Crippen molar-refractivity contribution in [3.63, 3.8) is 0 Å². The Bertz CT molecular complexity index is 649. The Morgan fingerprint density at radius 1 is 1.29 bits per heavy atom. The zero-order chi connectivity index (χ0) is 16.9. The number of hydrogen-bond donors (Lipinski definition) is 0. The maximum Gasteiger partial charge on any atom is 0.139 e. The fraction of sp³-hybridized carbons (Fsp3) is 0.682. The Balaban J connectivity index is 1.76. The second-order valence-corrected chi connectivity index (χ2v) is 8.53. The van der Waals surface area contributed by atoms with E-state index in [1.807, 2.05) is 0 Å². The lowest BCUT2D eigenvalue weighted by atomic mass is 9.52. The highest BCUT2D eigenvalue weighted by Gasteiger charge is 2.56. The molecule has 24 heavy (non-hydrogen) atoms. The molecule has 2 fully saturated rings. The molecular weight excluding hydrogens is 296 g/mol. The predicted octanol–water partition coefficient (Wildman–Crippen LogP) is 5.15. The van der Waals surface area contributed by atoms with Gasteiger partial charge in [0.05, 0.1) is 7.11 Å². The van der Waals surface area contributed by atoms with Gasteiger partial charge in [-0.25, -0.2) is 0 Å². The monoisotopic (exact) mass is 326 g/mol. The van der Waals surface area contributed by atoms with E-state index < -0.39 is 0 Å². The molecule has 0 heterocycles. The fourth-order valence-electron chi connectivity index (χ4n) is 6.32. The summed E-state index contributed by atoms with van der Waals surface area (Å²) in [6.07, 6.45) is 7.91. The largest absolute Gasteiger partial charge is 0.497 e. The van der Waals surface area contributed by atoms with Crippen LogP contribution in [0.5, 0.6) is 5.75 Å². The van der Waals surface area contributed by atoms with Gasteiger partial charge >= 0.3 is 0 Å². The summed E-state index contributed by atoms with van der Waals surface area (Å²) in [6.45, 7) is 4.58. The van der Waals surface area contributed by atoms with Gasteiger partial charge in [0, 0.05) is 11.8 Å². The fourth-order valence-corrected chi connectivity index (χ4v) is 6.32. The van der Waals surface area contributed by atoms with E-state index >= 15 is 0 Å². The maximum atomic E-state index is 12.6. The second-order valence-electron chi connectivity index (χ2n) is 8.53. The van der Waals surface area contributed by atoms with Crippen LogP contribution in [0.4, 0.5) is 0 Å². The SMILES string of the molecule is CCC[C@@H]1Cc2cc(OC)ccc2[C@H]2CC[C@]3(C)C(=O)CC[C@H]3[C@H]12. The molecule has 130 valence electrons. The molecule has 3 aliphatic rings. The summed E-state index contributed by atoms with van der Waals surface area (Å²) in [5, 5.41) is 0. The quantitative estimate of drug-likeness (QED) is 0.768. The first-order chi connectivity index (χ1) is 11.6. The van der Waals surface area contributed by atoms with Crippen LogP contribution in [0, 0.1) is 23.2 Å². The number of methoxy groups -OCH3 is 1. The number of fused-ring (bicyclic) bond motifs is 5. The van der Waals surface area contributed by atoms with Crippen molar-refractivity contribution in [1.29, 1.82) is 0 Å². The molecule has 4 rings (SSSR count). The molecule has 2 saturated carbocycles. The molecule has 0 unspecified atom stereocenters. The van der Waals surface area contributed by atoms with E-state index in [1.165, 1.54) is 31.2 Å². The van der Waals surface area contributed by atoms with E-state index in [0.717, 1.165) is 30.9 Å². The number of rotatable bonds is 3. The van der Waals surface area contributed by atoms with Crippen molar-refractivity contribution in [2.45, 2.75) is 64.7 Å². The lowest BCUT2D eigenvalue weighted by molar-refractivity contribution is -0.130. The van der Waals surface area contributed by atoms with Gasteiger partial charge < -0.3 is 4.74 Å². The van der Waals surface area contributed by atoms with Crippen LogP contribution in [-0.4, -0.2) is 12.9 Å². The molecule has 3 aliphatic carbocycles. The molecule has 2 heteroatoms. The number of ether oxygens (including phenoxy) is 1. The van der Waals surface area contributed by atoms with Gasteiger partial charge in [-0.15, -0.1) is 0 Å². The highest BCUT2D eigenvalue weighted by Crippen LogP contribution is 2.61. The van der Waals surface area contributed by atoms with Crippen molar-refractivity contribution in [3.05, 3.63) is 29.3 Å². The van der Waals surface area contributed by atoms with Gasteiger partial charge in [-0.1, -0.05) is 32.8 Å². The summed E-state index contributed by atoms with van der Waals surface area (Å²) in [5.41, 5.74) is 3.02. The van der Waals surface area contributed by atoms with Crippen molar-refractivity contribution < 1.29 is 9.53 Å². The second kappa shape index (κ2) is 5.89. The molecule has 0 radical (unpaired) electrons. The minimum Gasteiger partial charge on any atom is -0.497 e. The summed E-state index contributed by atoms with van der Waals surface area (Å²) in [5.74, 6) is 4.22. The lowest BCUT2D eigenvalue weighted by Gasteiger charge is -2.51. The van der Waals surface area contributed by atoms with E-state index in [4.69, 9.17) is 4.74 Å². The first-order valence-corrected chi connectivity index (χ1v) is 9.78. The van der Waals surface area contributed by atoms with Crippen LogP contribution in [-0.2, 0) is 11.2 Å². The zero-order valence-corrected chi connectivity index (χ0v) is 15.3. The van der Waals surface area contributed by atoms with Gasteiger partial charge in [-0.05, 0) is 72.6 Å². The molecule has 0 aromatic heterocycles. The maximum absolute atomic E-state index is 12.6. The van der Waals surface area contributed by atoms with Gasteiger partial charge in [0.1, 0.15) is 11.5 Å². The third-order valence-corrected chi connectivity index (χ3v) is 7.48. The smallest absolute Gasteiger partial charge is 0.139 e. The summed E-state index contributed by atoms with van der Waals surface area (Å²) >= 11 is 0. The van der Waals surface area contributed by atoms with Crippen molar-refractivity contribution in [1.82, 2.24) is 0 Å². The molecular formula is C22H30O2. The Morgan fingerprint density at radius 2 is 2.12 bits per heavy atom. The van der Waals surface area contributed by atoms with E-state index in [1.54, 1.807) is 12.7 Å². The molecule has 0 aliphatic heterocycles. The average molecular weight is 326 g/mol. The van der Waals surface area contributed by atoms with Crippen molar-refractivity contribution >= 4 is 5.78 Å². The van der Waals surface area contributed by atoms with Crippen LogP contribution in [0.2, 0.25) is 0 Å². The zero-order valence-electron chi connectivity index (χ0n) is 15.3. The average Bonchev–Trinajstić information content (AvgIpc) is 2.89. The van der Waals surface area contributed by atoms with Crippen LogP contribution in [0.15, 0.2) is 18.2 Å². The Kier molecular flexibility index (Phi) is 3.97. The number of ketones is 1. The van der Waals surface area contributed by atoms with Crippen LogP contribution >= 0.6 is 0 Å². The van der Waals surface area contributed by atoms with Crippen LogP contribution in [0.3, 0.4) is 0 Å². The van der Waals surface area contributed by atoms with Crippen LogP contribution in [0.1, 0.15) is 69.4 Å². The van der Waals surface area contributed by atoms with Gasteiger partial charge in [-0.2, -0.15) is 0 Å². The highest BCUT2D eigenvalue weighted by molar-refractivity contribution is 5.87. The Labute approximate surface area is 146 Å². The molecule has 0 spiro atoms. The molecule has 1 aromatic rings. The molecule has 1 aromatic carbocycles. The normalized spacial score (nSPS) is 37.5. The van der Waals surface area contributed by atoms with Crippen molar-refractivity contribution in [2.75, 3.05) is 7.11 Å².